The lowest BCUT2D eigenvalue weighted by atomic mass is 10.1. The SMILES string of the molecule is CCc1ccc(C(C)NC(C)C2CC2)o1. The molecule has 0 spiro atoms. The maximum absolute atomic E-state index is 5.73. The van der Waals surface area contributed by atoms with Gasteiger partial charge in [0.1, 0.15) is 11.5 Å². The summed E-state index contributed by atoms with van der Waals surface area (Å²) in [6.07, 6.45) is 3.75. The Bertz CT molecular complexity index is 314. The number of rotatable bonds is 5. The third-order valence-electron chi connectivity index (χ3n) is 3.30. The first-order chi connectivity index (χ1) is 7.20. The molecule has 1 N–H and O–H groups in total. The van der Waals surface area contributed by atoms with Crippen LogP contribution in [0.15, 0.2) is 16.5 Å². The van der Waals surface area contributed by atoms with Gasteiger partial charge in [-0.2, -0.15) is 0 Å². The van der Waals surface area contributed by atoms with E-state index in [4.69, 9.17) is 4.42 Å². The molecule has 1 aliphatic carbocycles. The highest BCUT2D eigenvalue weighted by Gasteiger charge is 2.29. The van der Waals surface area contributed by atoms with Crippen LogP contribution in [0, 0.1) is 5.92 Å². The van der Waals surface area contributed by atoms with Crippen molar-refractivity contribution in [1.82, 2.24) is 5.32 Å². The summed E-state index contributed by atoms with van der Waals surface area (Å²) in [7, 11) is 0. The lowest BCUT2D eigenvalue weighted by Gasteiger charge is -2.17. The summed E-state index contributed by atoms with van der Waals surface area (Å²) < 4.78 is 5.73. The zero-order valence-corrected chi connectivity index (χ0v) is 9.92. The highest BCUT2D eigenvalue weighted by atomic mass is 16.3. The fourth-order valence-electron chi connectivity index (χ4n) is 2.03. The van der Waals surface area contributed by atoms with Gasteiger partial charge in [0.2, 0.25) is 0 Å². The summed E-state index contributed by atoms with van der Waals surface area (Å²) in [5, 5.41) is 3.60. The van der Waals surface area contributed by atoms with Crippen LogP contribution in [0.3, 0.4) is 0 Å². The maximum Gasteiger partial charge on any atom is 0.120 e. The Labute approximate surface area is 92.1 Å². The van der Waals surface area contributed by atoms with E-state index in [9.17, 15) is 0 Å². The minimum absolute atomic E-state index is 0.334. The van der Waals surface area contributed by atoms with Crippen molar-refractivity contribution < 1.29 is 4.42 Å². The molecule has 1 saturated carbocycles. The second-order valence-electron chi connectivity index (χ2n) is 4.67. The van der Waals surface area contributed by atoms with Crippen molar-refractivity contribution in [3.05, 3.63) is 23.7 Å². The summed E-state index contributed by atoms with van der Waals surface area (Å²) in [4.78, 5) is 0. The molecule has 1 aromatic rings. The minimum Gasteiger partial charge on any atom is -0.464 e. The third-order valence-corrected chi connectivity index (χ3v) is 3.30. The van der Waals surface area contributed by atoms with Crippen molar-refractivity contribution in [2.75, 3.05) is 0 Å². The number of aryl methyl sites for hydroxylation is 1. The molecule has 0 bridgehead atoms. The van der Waals surface area contributed by atoms with Crippen LogP contribution in [0.4, 0.5) is 0 Å². The summed E-state index contributed by atoms with van der Waals surface area (Å²) in [5.74, 6) is 3.05. The Morgan fingerprint density at radius 2 is 2.13 bits per heavy atom. The van der Waals surface area contributed by atoms with Crippen LogP contribution in [-0.2, 0) is 6.42 Å². The van der Waals surface area contributed by atoms with Crippen LogP contribution in [-0.4, -0.2) is 6.04 Å². The predicted octanol–water partition coefficient (Wildman–Crippen LogP) is 3.29. The molecule has 0 aliphatic heterocycles. The van der Waals surface area contributed by atoms with Gasteiger partial charge in [0, 0.05) is 12.5 Å². The molecule has 2 rings (SSSR count). The van der Waals surface area contributed by atoms with Crippen LogP contribution in [0.1, 0.15) is 51.2 Å². The summed E-state index contributed by atoms with van der Waals surface area (Å²) in [6, 6.07) is 5.13. The Balaban J connectivity index is 1.91. The Morgan fingerprint density at radius 1 is 1.40 bits per heavy atom. The highest BCUT2D eigenvalue weighted by Crippen LogP contribution is 2.33. The van der Waals surface area contributed by atoms with Crippen molar-refractivity contribution >= 4 is 0 Å². The molecule has 1 heterocycles. The quantitative estimate of drug-likeness (QED) is 0.801. The average molecular weight is 207 g/mol. The lowest BCUT2D eigenvalue weighted by Crippen LogP contribution is -2.30. The van der Waals surface area contributed by atoms with Gasteiger partial charge in [-0.1, -0.05) is 6.92 Å². The molecule has 2 atom stereocenters. The average Bonchev–Trinajstić information content (AvgIpc) is 2.96. The summed E-state index contributed by atoms with van der Waals surface area (Å²) in [5.41, 5.74) is 0. The first-order valence-electron chi connectivity index (χ1n) is 6.05. The molecular formula is C13H21NO. The molecule has 1 aromatic heterocycles. The van der Waals surface area contributed by atoms with Gasteiger partial charge in [-0.15, -0.1) is 0 Å². The molecule has 1 aliphatic rings. The van der Waals surface area contributed by atoms with Crippen molar-refractivity contribution in [2.24, 2.45) is 5.92 Å². The van der Waals surface area contributed by atoms with E-state index in [1.165, 1.54) is 12.8 Å². The molecule has 2 nitrogen and oxygen atoms in total. The fourth-order valence-corrected chi connectivity index (χ4v) is 2.03. The first kappa shape index (κ1) is 10.7. The molecule has 0 amide bonds. The highest BCUT2D eigenvalue weighted by molar-refractivity contribution is 5.10. The lowest BCUT2D eigenvalue weighted by molar-refractivity contribution is 0.369. The van der Waals surface area contributed by atoms with Gasteiger partial charge in [-0.3, -0.25) is 0 Å². The van der Waals surface area contributed by atoms with E-state index in [1.54, 1.807) is 0 Å². The van der Waals surface area contributed by atoms with E-state index in [1.807, 2.05) is 0 Å². The van der Waals surface area contributed by atoms with Crippen molar-refractivity contribution in [1.29, 1.82) is 0 Å². The fraction of sp³-hybridized carbons (Fsp3) is 0.692. The monoisotopic (exact) mass is 207 g/mol. The van der Waals surface area contributed by atoms with Gasteiger partial charge in [0.05, 0.1) is 6.04 Å². The Hall–Kier alpha value is -0.760. The van der Waals surface area contributed by atoms with Crippen LogP contribution in [0.5, 0.6) is 0 Å². The molecule has 15 heavy (non-hydrogen) atoms. The molecule has 0 radical (unpaired) electrons. The Morgan fingerprint density at radius 3 is 2.67 bits per heavy atom. The number of hydrogen-bond donors (Lipinski definition) is 1. The summed E-state index contributed by atoms with van der Waals surface area (Å²) in [6.45, 7) is 6.57. The van der Waals surface area contributed by atoms with Gasteiger partial charge in [0.25, 0.3) is 0 Å². The second-order valence-corrected chi connectivity index (χ2v) is 4.67. The van der Waals surface area contributed by atoms with Gasteiger partial charge >= 0.3 is 0 Å². The first-order valence-corrected chi connectivity index (χ1v) is 6.05. The van der Waals surface area contributed by atoms with E-state index in [0.29, 0.717) is 12.1 Å². The van der Waals surface area contributed by atoms with Crippen LogP contribution in [0.2, 0.25) is 0 Å². The van der Waals surface area contributed by atoms with E-state index >= 15 is 0 Å². The zero-order valence-electron chi connectivity index (χ0n) is 9.92. The van der Waals surface area contributed by atoms with E-state index < -0.39 is 0 Å². The third kappa shape index (κ3) is 2.63. The summed E-state index contributed by atoms with van der Waals surface area (Å²) >= 11 is 0. The van der Waals surface area contributed by atoms with E-state index in [-0.39, 0.29) is 0 Å². The van der Waals surface area contributed by atoms with Crippen LogP contribution >= 0.6 is 0 Å². The molecule has 0 aromatic carbocycles. The molecule has 2 unspecified atom stereocenters. The predicted molar refractivity (Wildman–Crippen MR) is 61.8 cm³/mol. The van der Waals surface area contributed by atoms with Crippen LogP contribution in [0.25, 0.3) is 0 Å². The number of hydrogen-bond acceptors (Lipinski definition) is 2. The molecule has 2 heteroatoms. The molecule has 84 valence electrons. The number of furan rings is 1. The smallest absolute Gasteiger partial charge is 0.120 e. The van der Waals surface area contributed by atoms with Crippen molar-refractivity contribution in [3.8, 4) is 0 Å². The van der Waals surface area contributed by atoms with Crippen LogP contribution < -0.4 is 5.32 Å². The zero-order chi connectivity index (χ0) is 10.8. The van der Waals surface area contributed by atoms with E-state index in [0.717, 1.165) is 23.9 Å². The maximum atomic E-state index is 5.73. The second kappa shape index (κ2) is 4.40. The van der Waals surface area contributed by atoms with Gasteiger partial charge in [-0.25, -0.2) is 0 Å². The molecular weight excluding hydrogens is 186 g/mol. The largest absolute Gasteiger partial charge is 0.464 e. The van der Waals surface area contributed by atoms with Gasteiger partial charge in [0.15, 0.2) is 0 Å². The van der Waals surface area contributed by atoms with Crippen molar-refractivity contribution in [3.63, 3.8) is 0 Å². The minimum atomic E-state index is 0.334. The molecule has 0 saturated heterocycles. The number of nitrogens with one attached hydrogen (secondary N) is 1. The standard InChI is InChI=1S/C13H21NO/c1-4-12-7-8-13(15-12)10(3)14-9(2)11-5-6-11/h7-11,14H,4-6H2,1-3H3. The molecule has 1 fully saturated rings. The van der Waals surface area contributed by atoms with Crippen molar-refractivity contribution in [2.45, 2.75) is 52.1 Å². The normalized spacial score (nSPS) is 20.2. The topological polar surface area (TPSA) is 25.2 Å². The van der Waals surface area contributed by atoms with E-state index in [2.05, 4.69) is 38.2 Å². The Kier molecular flexibility index (Phi) is 3.15. The van der Waals surface area contributed by atoms with Gasteiger partial charge in [-0.05, 0) is 44.7 Å². The van der Waals surface area contributed by atoms with Gasteiger partial charge < -0.3 is 9.73 Å².